The fraction of sp³-hybridized carbons (Fsp3) is 0.733. The topological polar surface area (TPSA) is 53.1 Å². The van der Waals surface area contributed by atoms with Gasteiger partial charge < -0.3 is 15.5 Å². The highest BCUT2D eigenvalue weighted by molar-refractivity contribution is 9.10. The highest BCUT2D eigenvalue weighted by Crippen LogP contribution is 2.27. The number of rotatable bonds is 10. The maximum atomic E-state index is 4.32. The second kappa shape index (κ2) is 9.95. The molecular formula is C15H28BrN5. The van der Waals surface area contributed by atoms with Gasteiger partial charge in [0.2, 0.25) is 0 Å². The quantitative estimate of drug-likeness (QED) is 0.669. The summed E-state index contributed by atoms with van der Waals surface area (Å²) in [5.74, 6) is 1.70. The Hall–Kier alpha value is -0.880. The van der Waals surface area contributed by atoms with Crippen LogP contribution in [-0.4, -0.2) is 47.1 Å². The minimum atomic E-state index is 0.390. The Kier molecular flexibility index (Phi) is 8.61. The third kappa shape index (κ3) is 6.18. The molecule has 0 bridgehead atoms. The zero-order valence-corrected chi connectivity index (χ0v) is 15.2. The summed E-state index contributed by atoms with van der Waals surface area (Å²) in [5.41, 5.74) is 0. The van der Waals surface area contributed by atoms with Gasteiger partial charge >= 0.3 is 0 Å². The average molecular weight is 358 g/mol. The van der Waals surface area contributed by atoms with Gasteiger partial charge in [-0.15, -0.1) is 0 Å². The van der Waals surface area contributed by atoms with Crippen molar-refractivity contribution < 1.29 is 0 Å². The van der Waals surface area contributed by atoms with E-state index in [2.05, 4.69) is 69.1 Å². The second-order valence-corrected chi connectivity index (χ2v) is 5.92. The van der Waals surface area contributed by atoms with Crippen molar-refractivity contribution >= 4 is 27.6 Å². The Morgan fingerprint density at radius 2 is 1.86 bits per heavy atom. The number of nitrogens with one attached hydrogen (secondary N) is 2. The highest BCUT2D eigenvalue weighted by Gasteiger charge is 2.11. The molecule has 120 valence electrons. The van der Waals surface area contributed by atoms with E-state index >= 15 is 0 Å². The number of hydrogen-bond acceptors (Lipinski definition) is 5. The van der Waals surface area contributed by atoms with E-state index in [0.29, 0.717) is 6.04 Å². The van der Waals surface area contributed by atoms with Crippen molar-refractivity contribution in [3.8, 4) is 0 Å². The fourth-order valence-electron chi connectivity index (χ4n) is 2.23. The van der Waals surface area contributed by atoms with Crippen LogP contribution in [-0.2, 0) is 0 Å². The van der Waals surface area contributed by atoms with Crippen LogP contribution >= 0.6 is 15.9 Å². The molecule has 0 aliphatic carbocycles. The van der Waals surface area contributed by atoms with Gasteiger partial charge in [0.1, 0.15) is 22.4 Å². The van der Waals surface area contributed by atoms with Crippen molar-refractivity contribution in [2.24, 2.45) is 0 Å². The van der Waals surface area contributed by atoms with Gasteiger partial charge in [-0.2, -0.15) is 0 Å². The minimum Gasteiger partial charge on any atom is -0.369 e. The molecule has 0 radical (unpaired) electrons. The lowest BCUT2D eigenvalue weighted by atomic mass is 10.1. The number of halogens is 1. The molecule has 1 aromatic heterocycles. The van der Waals surface area contributed by atoms with Crippen molar-refractivity contribution in [2.45, 2.75) is 46.6 Å². The Morgan fingerprint density at radius 3 is 2.48 bits per heavy atom. The number of hydrogen-bond donors (Lipinski definition) is 2. The molecule has 1 rings (SSSR count). The van der Waals surface area contributed by atoms with E-state index in [9.17, 15) is 0 Å². The normalized spacial score (nSPS) is 12.5. The molecule has 0 aliphatic heterocycles. The Labute approximate surface area is 137 Å². The van der Waals surface area contributed by atoms with E-state index in [-0.39, 0.29) is 0 Å². The summed E-state index contributed by atoms with van der Waals surface area (Å²) in [5, 5.41) is 6.68. The summed E-state index contributed by atoms with van der Waals surface area (Å²) in [6.07, 6.45) is 3.91. The van der Waals surface area contributed by atoms with Gasteiger partial charge in [0.25, 0.3) is 0 Å². The van der Waals surface area contributed by atoms with Gasteiger partial charge in [0.05, 0.1) is 0 Å². The van der Waals surface area contributed by atoms with Crippen LogP contribution in [0.25, 0.3) is 0 Å². The van der Waals surface area contributed by atoms with Crippen molar-refractivity contribution in [1.29, 1.82) is 0 Å². The third-order valence-electron chi connectivity index (χ3n) is 3.52. The third-order valence-corrected chi connectivity index (χ3v) is 4.27. The molecule has 1 heterocycles. The first-order chi connectivity index (χ1) is 10.1. The van der Waals surface area contributed by atoms with Crippen LogP contribution in [0.1, 0.15) is 40.5 Å². The molecule has 2 N–H and O–H groups in total. The lowest BCUT2D eigenvalue weighted by Gasteiger charge is -2.20. The van der Waals surface area contributed by atoms with Gasteiger partial charge in [0, 0.05) is 12.6 Å². The molecule has 21 heavy (non-hydrogen) atoms. The zero-order valence-electron chi connectivity index (χ0n) is 13.6. The van der Waals surface area contributed by atoms with Crippen LogP contribution < -0.4 is 10.6 Å². The highest BCUT2D eigenvalue weighted by atomic mass is 79.9. The van der Waals surface area contributed by atoms with E-state index in [0.717, 1.165) is 48.7 Å². The van der Waals surface area contributed by atoms with E-state index < -0.39 is 0 Å². The molecule has 0 aliphatic rings. The maximum absolute atomic E-state index is 4.32. The number of anilines is 2. The van der Waals surface area contributed by atoms with Gasteiger partial charge in [-0.25, -0.2) is 9.97 Å². The largest absolute Gasteiger partial charge is 0.369 e. The molecule has 0 saturated heterocycles. The molecule has 6 heteroatoms. The first kappa shape index (κ1) is 18.2. The van der Waals surface area contributed by atoms with Crippen LogP contribution in [0, 0.1) is 0 Å². The van der Waals surface area contributed by atoms with Crippen molar-refractivity contribution in [1.82, 2.24) is 14.9 Å². The Balaban J connectivity index is 2.47. The van der Waals surface area contributed by atoms with Gasteiger partial charge in [-0.3, -0.25) is 0 Å². The molecule has 0 saturated carbocycles. The minimum absolute atomic E-state index is 0.390. The standard InChI is InChI=1S/C15H28BrN5/c1-5-17-14-13(16)15(19-11-18-14)20-12(4)9-8-10-21(6-2)7-3/h11-12H,5-10H2,1-4H3,(H2,17,18,19,20). The molecule has 5 nitrogen and oxygen atoms in total. The zero-order chi connectivity index (χ0) is 15.7. The first-order valence-corrected chi connectivity index (χ1v) is 8.64. The molecule has 1 atom stereocenters. The predicted octanol–water partition coefficient (Wildman–Crippen LogP) is 3.59. The van der Waals surface area contributed by atoms with Crippen LogP contribution in [0.3, 0.4) is 0 Å². The monoisotopic (exact) mass is 357 g/mol. The summed E-state index contributed by atoms with van der Waals surface area (Å²) in [6.45, 7) is 12.9. The van der Waals surface area contributed by atoms with E-state index in [1.807, 2.05) is 0 Å². The predicted molar refractivity (Wildman–Crippen MR) is 94.0 cm³/mol. The van der Waals surface area contributed by atoms with Gasteiger partial charge in [-0.1, -0.05) is 13.8 Å². The van der Waals surface area contributed by atoms with Crippen molar-refractivity contribution in [3.63, 3.8) is 0 Å². The summed E-state index contributed by atoms with van der Waals surface area (Å²) in [4.78, 5) is 11.0. The molecule has 0 amide bonds. The number of nitrogens with zero attached hydrogens (tertiary/aromatic N) is 3. The summed E-state index contributed by atoms with van der Waals surface area (Å²) >= 11 is 3.57. The smallest absolute Gasteiger partial charge is 0.146 e. The SMILES string of the molecule is CCNc1ncnc(NC(C)CCCN(CC)CC)c1Br. The summed E-state index contributed by atoms with van der Waals surface area (Å²) in [6, 6.07) is 0.390. The fourth-order valence-corrected chi connectivity index (χ4v) is 2.69. The Bertz CT molecular complexity index is 409. The maximum Gasteiger partial charge on any atom is 0.146 e. The van der Waals surface area contributed by atoms with Crippen molar-refractivity contribution in [3.05, 3.63) is 10.8 Å². The lowest BCUT2D eigenvalue weighted by molar-refractivity contribution is 0.295. The van der Waals surface area contributed by atoms with Crippen LogP contribution in [0.15, 0.2) is 10.8 Å². The van der Waals surface area contributed by atoms with Crippen LogP contribution in [0.4, 0.5) is 11.6 Å². The van der Waals surface area contributed by atoms with E-state index in [4.69, 9.17) is 0 Å². The molecule has 0 aromatic carbocycles. The summed E-state index contributed by atoms with van der Waals surface area (Å²) < 4.78 is 0.905. The first-order valence-electron chi connectivity index (χ1n) is 7.85. The number of aromatic nitrogens is 2. The molecule has 1 aromatic rings. The van der Waals surface area contributed by atoms with Crippen LogP contribution in [0.2, 0.25) is 0 Å². The molecule has 1 unspecified atom stereocenters. The van der Waals surface area contributed by atoms with Gasteiger partial charge in [-0.05, 0) is 62.3 Å². The van der Waals surface area contributed by atoms with Gasteiger partial charge in [0.15, 0.2) is 0 Å². The van der Waals surface area contributed by atoms with Crippen LogP contribution in [0.5, 0.6) is 0 Å². The Morgan fingerprint density at radius 1 is 1.19 bits per heavy atom. The molecule has 0 spiro atoms. The lowest BCUT2D eigenvalue weighted by Crippen LogP contribution is -2.25. The summed E-state index contributed by atoms with van der Waals surface area (Å²) in [7, 11) is 0. The van der Waals surface area contributed by atoms with Crippen molar-refractivity contribution in [2.75, 3.05) is 36.8 Å². The molecular weight excluding hydrogens is 330 g/mol. The average Bonchev–Trinajstić information content (AvgIpc) is 2.48. The second-order valence-electron chi connectivity index (χ2n) is 5.13. The van der Waals surface area contributed by atoms with E-state index in [1.54, 1.807) is 6.33 Å². The van der Waals surface area contributed by atoms with E-state index in [1.165, 1.54) is 6.42 Å². The molecule has 0 fully saturated rings.